The Kier molecular flexibility index (Phi) is 6.67. The molecule has 9 heteroatoms. The van der Waals surface area contributed by atoms with E-state index in [1.54, 1.807) is 24.3 Å². The molecule has 0 bridgehead atoms. The number of aromatic nitrogens is 1. The Hall–Kier alpha value is -4.37. The van der Waals surface area contributed by atoms with E-state index in [0.717, 1.165) is 27.8 Å². The molecule has 0 saturated carbocycles. The van der Waals surface area contributed by atoms with Crippen LogP contribution in [0.5, 0.6) is 17.2 Å². The Balaban J connectivity index is 1.53. The number of ether oxygens (including phenoxy) is 3. The minimum Gasteiger partial charge on any atom is -0.507 e. The Morgan fingerprint density at radius 2 is 1.88 bits per heavy atom. The van der Waals surface area contributed by atoms with E-state index >= 15 is 0 Å². The summed E-state index contributed by atoms with van der Waals surface area (Å²) >= 11 is 1.34. The second-order valence-corrected chi connectivity index (χ2v) is 10.9. The monoisotopic (exact) mass is 556 g/mol. The highest BCUT2D eigenvalue weighted by molar-refractivity contribution is 7.22. The van der Waals surface area contributed by atoms with Gasteiger partial charge in [-0.1, -0.05) is 36.5 Å². The van der Waals surface area contributed by atoms with Gasteiger partial charge in [0.25, 0.3) is 5.78 Å². The molecule has 2 aliphatic rings. The molecule has 1 atom stereocenters. The zero-order chi connectivity index (χ0) is 28.0. The van der Waals surface area contributed by atoms with Crippen LogP contribution in [0.4, 0.5) is 5.13 Å². The first kappa shape index (κ1) is 25.9. The summed E-state index contributed by atoms with van der Waals surface area (Å²) in [6.07, 6.45) is 0.831. The van der Waals surface area contributed by atoms with Gasteiger partial charge in [-0.05, 0) is 73.4 Å². The van der Waals surface area contributed by atoms with Gasteiger partial charge in [0.1, 0.15) is 24.7 Å². The predicted molar refractivity (Wildman–Crippen MR) is 154 cm³/mol. The number of anilines is 1. The van der Waals surface area contributed by atoms with Crippen molar-refractivity contribution in [3.63, 3.8) is 0 Å². The van der Waals surface area contributed by atoms with Crippen LogP contribution in [0.25, 0.3) is 16.0 Å². The third-order valence-corrected chi connectivity index (χ3v) is 7.93. The van der Waals surface area contributed by atoms with Crippen molar-refractivity contribution in [2.75, 3.05) is 24.7 Å². The van der Waals surface area contributed by atoms with Crippen molar-refractivity contribution in [1.82, 2.24) is 4.98 Å². The summed E-state index contributed by atoms with van der Waals surface area (Å²) in [5.41, 5.74) is 3.79. The molecule has 6 rings (SSSR count). The first-order valence-corrected chi connectivity index (χ1v) is 14.0. The number of hydrogen-bond acceptors (Lipinski definition) is 8. The van der Waals surface area contributed by atoms with Gasteiger partial charge in [0, 0.05) is 5.56 Å². The maximum atomic E-state index is 13.7. The molecule has 1 unspecified atom stereocenters. The van der Waals surface area contributed by atoms with Crippen molar-refractivity contribution >= 4 is 44.1 Å². The molecule has 1 N–H and O–H groups in total. The number of hydrogen-bond donors (Lipinski definition) is 1. The second-order valence-electron chi connectivity index (χ2n) is 9.87. The topological polar surface area (TPSA) is 98.2 Å². The summed E-state index contributed by atoms with van der Waals surface area (Å²) in [5, 5.41) is 12.0. The fourth-order valence-electron chi connectivity index (χ4n) is 5.15. The molecule has 1 fully saturated rings. The van der Waals surface area contributed by atoms with Crippen molar-refractivity contribution < 1.29 is 28.9 Å². The Morgan fingerprint density at radius 3 is 2.67 bits per heavy atom. The van der Waals surface area contributed by atoms with Crippen LogP contribution in [0, 0.1) is 13.8 Å². The number of ketones is 1. The van der Waals surface area contributed by atoms with E-state index in [4.69, 9.17) is 19.2 Å². The normalized spacial score (nSPS) is 18.0. The van der Waals surface area contributed by atoms with E-state index in [1.807, 2.05) is 51.1 Å². The standard InChI is InChI=1S/C31H28N2O6S/c1-4-10-37-21-7-5-6-19(15-21)27-25(28(34)20-8-9-22-23(16-20)39-12-11-38-22)29(35)30(36)33(27)31-32-26-18(3)13-17(2)14-24(26)40-31/h5-9,13-16,27,34H,4,10-12H2,1-3H3/b28-25-. The molecule has 0 spiro atoms. The van der Waals surface area contributed by atoms with Crippen LogP contribution >= 0.6 is 11.3 Å². The van der Waals surface area contributed by atoms with E-state index < -0.39 is 17.7 Å². The van der Waals surface area contributed by atoms with Crippen molar-refractivity contribution in [3.05, 3.63) is 82.4 Å². The molecule has 1 aromatic heterocycles. The number of amides is 1. The Morgan fingerprint density at radius 1 is 1.07 bits per heavy atom. The first-order chi connectivity index (χ1) is 19.4. The van der Waals surface area contributed by atoms with Crippen LogP contribution in [0.15, 0.2) is 60.2 Å². The molecule has 0 radical (unpaired) electrons. The summed E-state index contributed by atoms with van der Waals surface area (Å²) in [5.74, 6) is -0.202. The average molecular weight is 557 g/mol. The summed E-state index contributed by atoms with van der Waals surface area (Å²) in [7, 11) is 0. The number of benzene rings is 3. The molecule has 0 aliphatic carbocycles. The third-order valence-electron chi connectivity index (χ3n) is 6.93. The van der Waals surface area contributed by atoms with Crippen LogP contribution in [0.1, 0.15) is 41.6 Å². The first-order valence-electron chi connectivity index (χ1n) is 13.2. The number of aliphatic hydroxyl groups is 1. The lowest BCUT2D eigenvalue weighted by atomic mass is 9.95. The summed E-state index contributed by atoms with van der Waals surface area (Å²) in [6.45, 7) is 7.33. The molecule has 3 aromatic carbocycles. The van der Waals surface area contributed by atoms with Gasteiger partial charge in [-0.25, -0.2) is 4.98 Å². The number of carbonyl (C=O) groups is 2. The van der Waals surface area contributed by atoms with Gasteiger partial charge in [-0.2, -0.15) is 0 Å². The summed E-state index contributed by atoms with van der Waals surface area (Å²) in [6, 6.07) is 15.4. The SMILES string of the molecule is CCCOc1cccc(C2/C(=C(/O)c3ccc4c(c3)OCCO4)C(=O)C(=O)N2c2nc3c(C)cc(C)cc3s2)c1. The zero-order valence-corrected chi connectivity index (χ0v) is 23.2. The molecule has 2 aliphatic heterocycles. The molecule has 1 saturated heterocycles. The summed E-state index contributed by atoms with van der Waals surface area (Å²) < 4.78 is 18.1. The quantitative estimate of drug-likeness (QED) is 0.174. The van der Waals surface area contributed by atoms with E-state index in [-0.39, 0.29) is 11.3 Å². The van der Waals surface area contributed by atoms with Crippen molar-refractivity contribution in [2.24, 2.45) is 0 Å². The summed E-state index contributed by atoms with van der Waals surface area (Å²) in [4.78, 5) is 33.5. The fourth-order valence-corrected chi connectivity index (χ4v) is 6.32. The number of fused-ring (bicyclic) bond motifs is 2. The Labute approximate surface area is 235 Å². The minimum atomic E-state index is -0.916. The van der Waals surface area contributed by atoms with E-state index in [0.29, 0.717) is 53.3 Å². The van der Waals surface area contributed by atoms with Crippen molar-refractivity contribution in [3.8, 4) is 17.2 Å². The second kappa shape index (κ2) is 10.3. The van der Waals surface area contributed by atoms with Gasteiger partial charge in [0.15, 0.2) is 16.6 Å². The van der Waals surface area contributed by atoms with Crippen molar-refractivity contribution in [1.29, 1.82) is 0 Å². The number of carbonyl (C=O) groups excluding carboxylic acids is 2. The van der Waals surface area contributed by atoms with E-state index in [9.17, 15) is 14.7 Å². The molecule has 1 amide bonds. The molecule has 3 heterocycles. The fraction of sp³-hybridized carbons (Fsp3) is 0.258. The number of aliphatic hydroxyl groups excluding tert-OH is 1. The molecular weight excluding hydrogens is 528 g/mol. The van der Waals surface area contributed by atoms with Gasteiger partial charge in [0.2, 0.25) is 0 Å². The largest absolute Gasteiger partial charge is 0.507 e. The highest BCUT2D eigenvalue weighted by Gasteiger charge is 2.48. The number of thiazole rings is 1. The van der Waals surface area contributed by atoms with Crippen molar-refractivity contribution in [2.45, 2.75) is 33.2 Å². The highest BCUT2D eigenvalue weighted by atomic mass is 32.1. The molecule has 8 nitrogen and oxygen atoms in total. The van der Waals surface area contributed by atoms with Gasteiger partial charge in [-0.15, -0.1) is 0 Å². The number of rotatable bonds is 6. The zero-order valence-electron chi connectivity index (χ0n) is 22.4. The number of nitrogens with zero attached hydrogens (tertiary/aromatic N) is 2. The van der Waals surface area contributed by atoms with Gasteiger partial charge in [-0.3, -0.25) is 14.5 Å². The lowest BCUT2D eigenvalue weighted by Crippen LogP contribution is -2.29. The lowest BCUT2D eigenvalue weighted by molar-refractivity contribution is -0.132. The molecular formula is C31H28N2O6S. The average Bonchev–Trinajstić information content (AvgIpc) is 3.49. The van der Waals surface area contributed by atoms with E-state index in [1.165, 1.54) is 16.2 Å². The van der Waals surface area contributed by atoms with Crippen LogP contribution in [0.2, 0.25) is 0 Å². The maximum absolute atomic E-state index is 13.7. The predicted octanol–water partition coefficient (Wildman–Crippen LogP) is 6.10. The van der Waals surface area contributed by atoms with Crippen LogP contribution in [-0.4, -0.2) is 41.6 Å². The highest BCUT2D eigenvalue weighted by Crippen LogP contribution is 2.46. The number of aryl methyl sites for hydroxylation is 2. The smallest absolute Gasteiger partial charge is 0.301 e. The molecule has 4 aromatic rings. The van der Waals surface area contributed by atoms with Gasteiger partial charge >= 0.3 is 5.91 Å². The lowest BCUT2D eigenvalue weighted by Gasteiger charge is -2.23. The van der Waals surface area contributed by atoms with E-state index in [2.05, 4.69) is 0 Å². The Bertz CT molecular complexity index is 1690. The van der Waals surface area contributed by atoms with Gasteiger partial charge < -0.3 is 19.3 Å². The molecule has 40 heavy (non-hydrogen) atoms. The van der Waals surface area contributed by atoms with Crippen LogP contribution in [0.3, 0.4) is 0 Å². The number of Topliss-reactive ketones (excluding diaryl/α,β-unsaturated/α-hetero) is 1. The van der Waals surface area contributed by atoms with Crippen LogP contribution < -0.4 is 19.1 Å². The minimum absolute atomic E-state index is 0.0264. The molecule has 204 valence electrons. The third kappa shape index (κ3) is 4.46. The van der Waals surface area contributed by atoms with Gasteiger partial charge in [0.05, 0.1) is 28.4 Å². The maximum Gasteiger partial charge on any atom is 0.301 e. The van der Waals surface area contributed by atoms with Crippen LogP contribution in [-0.2, 0) is 9.59 Å².